The van der Waals surface area contributed by atoms with Gasteiger partial charge in [-0.1, -0.05) is 49.4 Å². The molecule has 1 aromatic carbocycles. The largest absolute Gasteiger partial charge is 0.289 e. The summed E-state index contributed by atoms with van der Waals surface area (Å²) >= 11 is 0. The van der Waals surface area contributed by atoms with Gasteiger partial charge in [0.15, 0.2) is 0 Å². The van der Waals surface area contributed by atoms with Crippen LogP contribution in [0.25, 0.3) is 6.08 Å². The van der Waals surface area contributed by atoms with Crippen LogP contribution in [0, 0.1) is 0 Å². The first-order chi connectivity index (χ1) is 10.7. The van der Waals surface area contributed by atoms with Gasteiger partial charge in [-0.2, -0.15) is 5.10 Å². The van der Waals surface area contributed by atoms with Gasteiger partial charge in [0.25, 0.3) is 5.91 Å². The summed E-state index contributed by atoms with van der Waals surface area (Å²) in [4.78, 5) is 16.0. The van der Waals surface area contributed by atoms with Crippen LogP contribution >= 0.6 is 0 Å². The van der Waals surface area contributed by atoms with Crippen LogP contribution in [0.4, 0.5) is 0 Å². The first-order valence-electron chi connectivity index (χ1n) is 7.21. The smallest absolute Gasteiger partial charge is 0.266 e. The molecule has 1 amide bonds. The molecular formula is C18H19N3O. The Labute approximate surface area is 130 Å². The van der Waals surface area contributed by atoms with E-state index in [0.29, 0.717) is 11.4 Å². The number of aryl methyl sites for hydroxylation is 1. The van der Waals surface area contributed by atoms with Gasteiger partial charge in [-0.15, -0.1) is 0 Å². The van der Waals surface area contributed by atoms with Gasteiger partial charge in [0.2, 0.25) is 0 Å². The molecule has 0 aliphatic heterocycles. The molecule has 0 radical (unpaired) electrons. The van der Waals surface area contributed by atoms with Crippen molar-refractivity contribution in [1.29, 1.82) is 0 Å². The second-order valence-corrected chi connectivity index (χ2v) is 4.84. The number of hydrogen-bond acceptors (Lipinski definition) is 3. The van der Waals surface area contributed by atoms with Gasteiger partial charge >= 0.3 is 0 Å². The highest BCUT2D eigenvalue weighted by Crippen LogP contribution is 2.02. The van der Waals surface area contributed by atoms with Crippen molar-refractivity contribution in [1.82, 2.24) is 10.4 Å². The Hall–Kier alpha value is -2.75. The number of hydrazone groups is 1. The molecule has 1 heterocycles. The molecule has 2 aromatic rings. The summed E-state index contributed by atoms with van der Waals surface area (Å²) in [7, 11) is 0. The van der Waals surface area contributed by atoms with E-state index in [-0.39, 0.29) is 5.91 Å². The number of aromatic nitrogens is 1. The number of nitrogens with zero attached hydrogens (tertiary/aromatic N) is 2. The van der Waals surface area contributed by atoms with Crippen LogP contribution in [0.15, 0.2) is 59.8 Å². The van der Waals surface area contributed by atoms with Gasteiger partial charge in [-0.3, -0.25) is 9.78 Å². The summed E-state index contributed by atoms with van der Waals surface area (Å²) < 4.78 is 0. The van der Waals surface area contributed by atoms with Crippen molar-refractivity contribution >= 4 is 17.7 Å². The number of allylic oxidation sites excluding steroid dienone is 1. The van der Waals surface area contributed by atoms with E-state index in [9.17, 15) is 4.79 Å². The Morgan fingerprint density at radius 3 is 2.64 bits per heavy atom. The van der Waals surface area contributed by atoms with Crippen molar-refractivity contribution in [2.45, 2.75) is 20.3 Å². The maximum Gasteiger partial charge on any atom is 0.289 e. The summed E-state index contributed by atoms with van der Waals surface area (Å²) in [5, 5.41) is 4.05. The Bertz CT molecular complexity index is 673. The molecule has 0 aliphatic carbocycles. The first kappa shape index (κ1) is 15.6. The lowest BCUT2D eigenvalue weighted by atomic mass is 10.2. The van der Waals surface area contributed by atoms with Crippen LogP contribution in [0.1, 0.15) is 35.5 Å². The number of pyridine rings is 1. The number of benzene rings is 1. The number of carbonyl (C=O) groups is 1. The van der Waals surface area contributed by atoms with E-state index in [1.165, 1.54) is 0 Å². The number of amides is 1. The molecule has 112 valence electrons. The van der Waals surface area contributed by atoms with Crippen LogP contribution in [0.3, 0.4) is 0 Å². The van der Waals surface area contributed by atoms with Gasteiger partial charge < -0.3 is 0 Å². The van der Waals surface area contributed by atoms with Gasteiger partial charge in [0.1, 0.15) is 5.69 Å². The van der Waals surface area contributed by atoms with Crippen molar-refractivity contribution in [3.8, 4) is 0 Å². The summed E-state index contributed by atoms with van der Waals surface area (Å²) in [5.41, 5.74) is 5.76. The Morgan fingerprint density at radius 1 is 1.23 bits per heavy atom. The lowest BCUT2D eigenvalue weighted by Crippen LogP contribution is -2.19. The normalized spacial score (nSPS) is 11.6. The third-order valence-corrected chi connectivity index (χ3v) is 3.12. The summed E-state index contributed by atoms with van der Waals surface area (Å²) in [6.45, 7) is 3.87. The van der Waals surface area contributed by atoms with E-state index in [1.54, 1.807) is 12.3 Å². The second kappa shape index (κ2) is 7.88. The molecular weight excluding hydrogens is 274 g/mol. The molecule has 0 fully saturated rings. The van der Waals surface area contributed by atoms with Crippen LogP contribution in [0.2, 0.25) is 0 Å². The standard InChI is InChI=1S/C18H19N3O/c1-3-15-11-12-17(19-13-15)18(22)21-20-14(2)9-10-16-7-5-4-6-8-16/h4-13H,3H2,1-2H3,(H,21,22). The Morgan fingerprint density at radius 2 is 2.00 bits per heavy atom. The molecule has 0 aliphatic rings. The van der Waals surface area contributed by atoms with Crippen molar-refractivity contribution < 1.29 is 4.79 Å². The maximum absolute atomic E-state index is 11.9. The quantitative estimate of drug-likeness (QED) is 0.678. The van der Waals surface area contributed by atoms with Gasteiger partial charge in [-0.05, 0) is 36.6 Å². The number of carbonyl (C=O) groups excluding carboxylic acids is 1. The lowest BCUT2D eigenvalue weighted by Gasteiger charge is -2.01. The number of rotatable bonds is 5. The minimum absolute atomic E-state index is 0.310. The SMILES string of the molecule is CCc1ccc(C(=O)NN=C(C)C=Cc2ccccc2)nc1. The zero-order valence-electron chi connectivity index (χ0n) is 12.8. The lowest BCUT2D eigenvalue weighted by molar-refractivity contribution is 0.0950. The van der Waals surface area contributed by atoms with E-state index < -0.39 is 0 Å². The fraction of sp³-hybridized carbons (Fsp3) is 0.167. The summed E-state index contributed by atoms with van der Waals surface area (Å²) in [6, 6.07) is 13.5. The predicted octanol–water partition coefficient (Wildman–Crippen LogP) is 3.46. The maximum atomic E-state index is 11.9. The van der Waals surface area contributed by atoms with Gasteiger partial charge in [-0.25, -0.2) is 5.43 Å². The molecule has 0 unspecified atom stereocenters. The van der Waals surface area contributed by atoms with Crippen LogP contribution in [-0.2, 0) is 6.42 Å². The molecule has 0 atom stereocenters. The van der Waals surface area contributed by atoms with E-state index >= 15 is 0 Å². The summed E-state index contributed by atoms with van der Waals surface area (Å²) in [6.07, 6.45) is 6.40. The third-order valence-electron chi connectivity index (χ3n) is 3.12. The predicted molar refractivity (Wildman–Crippen MR) is 89.7 cm³/mol. The fourth-order valence-electron chi connectivity index (χ4n) is 1.78. The highest BCUT2D eigenvalue weighted by molar-refractivity contribution is 5.98. The topological polar surface area (TPSA) is 54.4 Å². The van der Waals surface area contributed by atoms with E-state index in [1.807, 2.05) is 62.4 Å². The van der Waals surface area contributed by atoms with Crippen LogP contribution in [0.5, 0.6) is 0 Å². The highest BCUT2D eigenvalue weighted by atomic mass is 16.2. The molecule has 0 spiro atoms. The van der Waals surface area contributed by atoms with E-state index in [2.05, 4.69) is 15.5 Å². The molecule has 0 saturated carbocycles. The van der Waals surface area contributed by atoms with Gasteiger partial charge in [0.05, 0.1) is 5.71 Å². The van der Waals surface area contributed by atoms with Crippen molar-refractivity contribution in [2.75, 3.05) is 0 Å². The van der Waals surface area contributed by atoms with Crippen molar-refractivity contribution in [2.24, 2.45) is 5.10 Å². The Kier molecular flexibility index (Phi) is 5.60. The molecule has 1 N–H and O–H groups in total. The average molecular weight is 293 g/mol. The van der Waals surface area contributed by atoms with E-state index in [4.69, 9.17) is 0 Å². The molecule has 4 nitrogen and oxygen atoms in total. The molecule has 2 rings (SSSR count). The first-order valence-corrected chi connectivity index (χ1v) is 7.21. The van der Waals surface area contributed by atoms with Crippen molar-refractivity contribution in [3.63, 3.8) is 0 Å². The second-order valence-electron chi connectivity index (χ2n) is 4.84. The molecule has 0 bridgehead atoms. The average Bonchev–Trinajstić information content (AvgIpc) is 2.58. The van der Waals surface area contributed by atoms with Gasteiger partial charge in [0, 0.05) is 6.20 Å². The highest BCUT2D eigenvalue weighted by Gasteiger charge is 2.05. The van der Waals surface area contributed by atoms with Crippen molar-refractivity contribution in [3.05, 3.63) is 71.6 Å². The monoisotopic (exact) mass is 293 g/mol. The Balaban J connectivity index is 1.94. The van der Waals surface area contributed by atoms with Crippen LogP contribution in [-0.4, -0.2) is 16.6 Å². The third kappa shape index (κ3) is 4.66. The fourth-order valence-corrected chi connectivity index (χ4v) is 1.78. The molecule has 1 aromatic heterocycles. The zero-order chi connectivity index (χ0) is 15.8. The molecule has 4 heteroatoms. The van der Waals surface area contributed by atoms with Crippen LogP contribution < -0.4 is 5.43 Å². The molecule has 22 heavy (non-hydrogen) atoms. The van der Waals surface area contributed by atoms with E-state index in [0.717, 1.165) is 17.5 Å². The number of nitrogens with one attached hydrogen (secondary N) is 1. The zero-order valence-corrected chi connectivity index (χ0v) is 12.8. The molecule has 0 saturated heterocycles. The summed E-state index contributed by atoms with van der Waals surface area (Å²) in [5.74, 6) is -0.310. The minimum Gasteiger partial charge on any atom is -0.266 e. The number of hydrogen-bond donors (Lipinski definition) is 1. The minimum atomic E-state index is -0.310.